The Balaban J connectivity index is 1.77. The topological polar surface area (TPSA) is 97.6 Å². The summed E-state index contributed by atoms with van der Waals surface area (Å²) in [6.45, 7) is 0.411. The Hall–Kier alpha value is -3.04. The minimum atomic E-state index is -2.94. The fourth-order valence-corrected chi connectivity index (χ4v) is 2.82. The molecular weight excluding hydrogens is 362 g/mol. The molecule has 144 valence electrons. The third-order valence-corrected chi connectivity index (χ3v) is 4.21. The van der Waals surface area contributed by atoms with E-state index in [0.717, 1.165) is 11.3 Å². The summed E-state index contributed by atoms with van der Waals surface area (Å²) in [6, 6.07) is 4.91. The first-order valence-electron chi connectivity index (χ1n) is 8.34. The number of hydrogen-bond acceptors (Lipinski definition) is 6. The van der Waals surface area contributed by atoms with E-state index in [-0.39, 0.29) is 18.2 Å². The Morgan fingerprint density at radius 2 is 2.00 bits per heavy atom. The van der Waals surface area contributed by atoms with E-state index in [1.54, 1.807) is 0 Å². The highest BCUT2D eigenvalue weighted by Gasteiger charge is 2.49. The summed E-state index contributed by atoms with van der Waals surface area (Å²) in [5.41, 5.74) is -0.908. The highest BCUT2D eigenvalue weighted by molar-refractivity contribution is 6.07. The number of hydrogen-bond donors (Lipinski definition) is 1. The van der Waals surface area contributed by atoms with Gasteiger partial charge in [-0.2, -0.15) is 13.8 Å². The second kappa shape index (κ2) is 7.29. The number of rotatable bonds is 7. The minimum Gasteiger partial charge on any atom is -0.435 e. The van der Waals surface area contributed by atoms with E-state index in [1.165, 1.54) is 31.2 Å². The van der Waals surface area contributed by atoms with Gasteiger partial charge in [0.15, 0.2) is 5.82 Å². The SMILES string of the molecule is CCCc1noc(CN2C(=O)NC(C)(c3ccc(OC(F)F)cc3)C2=O)n1. The summed E-state index contributed by atoms with van der Waals surface area (Å²) < 4.78 is 33.9. The first kappa shape index (κ1) is 18.7. The van der Waals surface area contributed by atoms with Gasteiger partial charge in [0.1, 0.15) is 17.8 Å². The number of carbonyl (C=O) groups excluding carboxylic acids is 2. The molecule has 3 amide bonds. The zero-order chi connectivity index (χ0) is 19.6. The molecule has 1 atom stereocenters. The van der Waals surface area contributed by atoms with Gasteiger partial charge in [0.2, 0.25) is 5.89 Å². The second-order valence-electron chi connectivity index (χ2n) is 6.20. The smallest absolute Gasteiger partial charge is 0.387 e. The van der Waals surface area contributed by atoms with E-state index in [9.17, 15) is 18.4 Å². The molecule has 1 aliphatic heterocycles. The number of amides is 3. The van der Waals surface area contributed by atoms with E-state index in [0.29, 0.717) is 17.8 Å². The fraction of sp³-hybridized carbons (Fsp3) is 0.412. The summed E-state index contributed by atoms with van der Waals surface area (Å²) >= 11 is 0. The second-order valence-corrected chi connectivity index (χ2v) is 6.20. The zero-order valence-electron chi connectivity index (χ0n) is 14.7. The zero-order valence-corrected chi connectivity index (χ0v) is 14.7. The van der Waals surface area contributed by atoms with Crippen LogP contribution in [0.25, 0.3) is 0 Å². The van der Waals surface area contributed by atoms with E-state index in [2.05, 4.69) is 20.2 Å². The van der Waals surface area contributed by atoms with Crippen LogP contribution in [0.5, 0.6) is 5.75 Å². The standard InChI is InChI=1S/C17H18F2N4O4/c1-3-4-12-20-13(27-22-12)9-23-14(24)17(2,21-16(23)25)10-5-7-11(8-6-10)26-15(18)19/h5-8,15H,3-4,9H2,1-2H3,(H,21,25). The highest BCUT2D eigenvalue weighted by Crippen LogP contribution is 2.31. The third-order valence-electron chi connectivity index (χ3n) is 4.21. The maximum Gasteiger partial charge on any atom is 0.387 e. The third kappa shape index (κ3) is 3.74. The number of alkyl halides is 2. The summed E-state index contributed by atoms with van der Waals surface area (Å²) in [6.07, 6.45) is 1.47. The van der Waals surface area contributed by atoms with Crippen molar-refractivity contribution < 1.29 is 27.6 Å². The van der Waals surface area contributed by atoms with Crippen LogP contribution in [0.4, 0.5) is 13.6 Å². The van der Waals surface area contributed by atoms with Gasteiger partial charge in [-0.3, -0.25) is 9.69 Å². The van der Waals surface area contributed by atoms with Gasteiger partial charge in [0.25, 0.3) is 5.91 Å². The molecule has 0 bridgehead atoms. The molecule has 0 spiro atoms. The number of benzene rings is 1. The number of halogens is 2. The van der Waals surface area contributed by atoms with Crippen molar-refractivity contribution in [3.05, 3.63) is 41.5 Å². The van der Waals surface area contributed by atoms with Crippen LogP contribution in [-0.4, -0.2) is 33.6 Å². The van der Waals surface area contributed by atoms with Crippen LogP contribution in [-0.2, 0) is 23.3 Å². The van der Waals surface area contributed by atoms with E-state index in [4.69, 9.17) is 4.52 Å². The molecule has 1 aliphatic rings. The normalized spacial score (nSPS) is 19.7. The number of imide groups is 1. The first-order valence-corrected chi connectivity index (χ1v) is 8.34. The van der Waals surface area contributed by atoms with Crippen LogP contribution < -0.4 is 10.1 Å². The van der Waals surface area contributed by atoms with E-state index < -0.39 is 24.1 Å². The van der Waals surface area contributed by atoms with Gasteiger partial charge in [-0.15, -0.1) is 0 Å². The molecule has 1 unspecified atom stereocenters. The lowest BCUT2D eigenvalue weighted by molar-refractivity contribution is -0.131. The number of ether oxygens (including phenoxy) is 1. The lowest BCUT2D eigenvalue weighted by Gasteiger charge is -2.22. The summed E-state index contributed by atoms with van der Waals surface area (Å²) in [5.74, 6) is 0.120. The molecule has 10 heteroatoms. The van der Waals surface area contributed by atoms with Crippen molar-refractivity contribution in [3.63, 3.8) is 0 Å². The van der Waals surface area contributed by atoms with Crippen LogP contribution in [0, 0.1) is 0 Å². The summed E-state index contributed by atoms with van der Waals surface area (Å²) in [7, 11) is 0. The number of urea groups is 1. The van der Waals surface area contributed by atoms with Gasteiger partial charge in [-0.1, -0.05) is 24.2 Å². The predicted octanol–water partition coefficient (Wildman–Crippen LogP) is 2.59. The van der Waals surface area contributed by atoms with Crippen LogP contribution >= 0.6 is 0 Å². The van der Waals surface area contributed by atoms with Gasteiger partial charge in [0.05, 0.1) is 0 Å². The maximum absolute atomic E-state index is 12.8. The van der Waals surface area contributed by atoms with Crippen molar-refractivity contribution in [2.24, 2.45) is 0 Å². The monoisotopic (exact) mass is 380 g/mol. The van der Waals surface area contributed by atoms with E-state index in [1.807, 2.05) is 6.92 Å². The average Bonchev–Trinajstić information content (AvgIpc) is 3.14. The highest BCUT2D eigenvalue weighted by atomic mass is 19.3. The van der Waals surface area contributed by atoms with Gasteiger partial charge in [0, 0.05) is 6.42 Å². The maximum atomic E-state index is 12.8. The van der Waals surface area contributed by atoms with Gasteiger partial charge in [-0.05, 0) is 31.0 Å². The van der Waals surface area contributed by atoms with Crippen molar-refractivity contribution >= 4 is 11.9 Å². The molecule has 1 saturated heterocycles. The first-order chi connectivity index (χ1) is 12.8. The lowest BCUT2D eigenvalue weighted by atomic mass is 9.92. The van der Waals surface area contributed by atoms with Gasteiger partial charge in [-0.25, -0.2) is 4.79 Å². The number of aromatic nitrogens is 2. The summed E-state index contributed by atoms with van der Waals surface area (Å²) in [5, 5.41) is 6.41. The Kier molecular flexibility index (Phi) is 5.06. The lowest BCUT2D eigenvalue weighted by Crippen LogP contribution is -2.40. The Morgan fingerprint density at radius 3 is 2.63 bits per heavy atom. The molecule has 8 nitrogen and oxygen atoms in total. The van der Waals surface area contributed by atoms with Crippen molar-refractivity contribution in [1.29, 1.82) is 0 Å². The van der Waals surface area contributed by atoms with Gasteiger partial charge < -0.3 is 14.6 Å². The van der Waals surface area contributed by atoms with Crippen molar-refractivity contribution in [2.45, 2.75) is 45.4 Å². The molecule has 3 rings (SSSR count). The molecule has 2 aromatic rings. The van der Waals surface area contributed by atoms with E-state index >= 15 is 0 Å². The van der Waals surface area contributed by atoms with Crippen LogP contribution in [0.15, 0.2) is 28.8 Å². The molecule has 0 saturated carbocycles. The molecule has 1 aromatic carbocycles. The molecule has 0 radical (unpaired) electrons. The summed E-state index contributed by atoms with van der Waals surface area (Å²) in [4.78, 5) is 30.3. The van der Waals surface area contributed by atoms with Gasteiger partial charge >= 0.3 is 12.6 Å². The molecule has 1 N–H and O–H groups in total. The Bertz CT molecular complexity index is 840. The number of nitrogens with one attached hydrogen (secondary N) is 1. The fourth-order valence-electron chi connectivity index (χ4n) is 2.82. The van der Waals surface area contributed by atoms with Crippen LogP contribution in [0.2, 0.25) is 0 Å². The molecule has 2 heterocycles. The molecule has 1 fully saturated rings. The predicted molar refractivity (Wildman–Crippen MR) is 87.8 cm³/mol. The molecule has 0 aliphatic carbocycles. The molecular formula is C17H18F2N4O4. The van der Waals surface area contributed by atoms with Crippen LogP contribution in [0.3, 0.4) is 0 Å². The number of aryl methyl sites for hydroxylation is 1. The van der Waals surface area contributed by atoms with Crippen molar-refractivity contribution in [2.75, 3.05) is 0 Å². The average molecular weight is 380 g/mol. The Morgan fingerprint density at radius 1 is 1.30 bits per heavy atom. The Labute approximate surface area is 153 Å². The van der Waals surface area contributed by atoms with Crippen molar-refractivity contribution in [1.82, 2.24) is 20.4 Å². The molecule has 1 aromatic heterocycles. The number of nitrogens with zero attached hydrogens (tertiary/aromatic N) is 3. The minimum absolute atomic E-state index is 0.0414. The van der Waals surface area contributed by atoms with Crippen LogP contribution in [0.1, 0.15) is 37.5 Å². The molecule has 27 heavy (non-hydrogen) atoms. The van der Waals surface area contributed by atoms with Crippen molar-refractivity contribution in [3.8, 4) is 5.75 Å². The quantitative estimate of drug-likeness (QED) is 0.742. The largest absolute Gasteiger partial charge is 0.435 e. The number of carbonyl (C=O) groups is 2.